The Labute approximate surface area is 160 Å². The lowest BCUT2D eigenvalue weighted by molar-refractivity contribution is -0.0893. The molecule has 27 heavy (non-hydrogen) atoms. The highest BCUT2D eigenvalue weighted by Crippen LogP contribution is 2.31. The van der Waals surface area contributed by atoms with Crippen LogP contribution in [-0.2, 0) is 4.65 Å². The van der Waals surface area contributed by atoms with Crippen LogP contribution in [0.3, 0.4) is 0 Å². The molecule has 0 aliphatic carbocycles. The molecule has 1 aromatic heterocycles. The predicted molar refractivity (Wildman–Crippen MR) is 114 cm³/mol. The lowest BCUT2D eigenvalue weighted by atomic mass is 9.81. The Morgan fingerprint density at radius 2 is 1.52 bits per heavy atom. The molecule has 1 heterocycles. The molecule has 0 aliphatic heterocycles. The first kappa shape index (κ1) is 18.0. The van der Waals surface area contributed by atoms with Gasteiger partial charge < -0.3 is 9.76 Å². The van der Waals surface area contributed by atoms with Crippen LogP contribution < -0.4 is 5.46 Å². The molecule has 135 valence electrons. The quantitative estimate of drug-likeness (QED) is 0.437. The fourth-order valence-corrected chi connectivity index (χ4v) is 3.18. The minimum absolute atomic E-state index is 0.686. The summed E-state index contributed by atoms with van der Waals surface area (Å²) >= 11 is 0. The summed E-state index contributed by atoms with van der Waals surface area (Å²) in [5.74, 6) is 0. The second-order valence-corrected chi connectivity index (χ2v) is 8.11. The van der Waals surface area contributed by atoms with E-state index < -0.39 is 11.2 Å². The smallest absolute Gasteiger partial charge is 0.330 e. The molecule has 0 aliphatic rings. The van der Waals surface area contributed by atoms with Gasteiger partial charge >= 0.3 is 7.48 Å². The van der Waals surface area contributed by atoms with Gasteiger partial charge in [-0.3, -0.25) is 4.98 Å². The Bertz CT molecular complexity index is 1150. The van der Waals surface area contributed by atoms with E-state index in [0.717, 1.165) is 16.2 Å². The van der Waals surface area contributed by atoms with Crippen molar-refractivity contribution in [2.24, 2.45) is 0 Å². The normalized spacial score (nSPS) is 12.8. The number of hydrogen-bond donors (Lipinski definition) is 1. The fourth-order valence-electron chi connectivity index (χ4n) is 3.18. The van der Waals surface area contributed by atoms with E-state index in [0.29, 0.717) is 0 Å². The maximum Gasteiger partial charge on any atom is 0.330 e. The fraction of sp³-hybridized carbons (Fsp3) is 0.261. The molecule has 4 heteroatoms. The molecule has 0 amide bonds. The van der Waals surface area contributed by atoms with Crippen LogP contribution in [0.2, 0.25) is 0 Å². The van der Waals surface area contributed by atoms with Gasteiger partial charge in [-0.15, -0.1) is 0 Å². The van der Waals surface area contributed by atoms with Crippen LogP contribution in [0.15, 0.2) is 60.9 Å². The molecule has 3 nitrogen and oxygen atoms in total. The number of aliphatic hydroxyl groups is 1. The maximum absolute atomic E-state index is 10.3. The molecule has 0 unspecified atom stereocenters. The molecule has 0 saturated heterocycles. The third kappa shape index (κ3) is 3.20. The number of pyridine rings is 1. The Hall–Kier alpha value is -2.43. The molecule has 0 atom stereocenters. The van der Waals surface area contributed by atoms with Crippen molar-refractivity contribution < 1.29 is 9.76 Å². The van der Waals surface area contributed by atoms with E-state index in [1.165, 1.54) is 21.5 Å². The summed E-state index contributed by atoms with van der Waals surface area (Å²) in [7, 11) is 1.73. The van der Waals surface area contributed by atoms with Gasteiger partial charge in [0.15, 0.2) is 0 Å². The molecular formula is C23H23BNO2. The summed E-state index contributed by atoms with van der Waals surface area (Å²) < 4.78 is 5.90. The molecule has 4 aromatic rings. The van der Waals surface area contributed by atoms with Gasteiger partial charge in [0.05, 0.1) is 11.2 Å². The summed E-state index contributed by atoms with van der Waals surface area (Å²) in [6.45, 7) is 7.29. The summed E-state index contributed by atoms with van der Waals surface area (Å²) in [5, 5.41) is 17.5. The average molecular weight is 356 g/mol. The maximum atomic E-state index is 10.3. The van der Waals surface area contributed by atoms with Crippen molar-refractivity contribution in [2.75, 3.05) is 0 Å². The van der Waals surface area contributed by atoms with Crippen molar-refractivity contribution in [1.29, 1.82) is 0 Å². The minimum atomic E-state index is -0.941. The standard InChI is InChI=1S/C23H23BNO2/c1-22(2,26)23(3,4)27-24-18-9-10-19-16(13-18)7-5-15-6-8-17-14-25-12-11-20(17)21(15)19/h5-14,26H,1-4H3. The van der Waals surface area contributed by atoms with E-state index >= 15 is 0 Å². The Morgan fingerprint density at radius 3 is 2.26 bits per heavy atom. The average Bonchev–Trinajstić information content (AvgIpc) is 2.64. The summed E-state index contributed by atoms with van der Waals surface area (Å²) in [6, 6.07) is 17.0. The Balaban J connectivity index is 1.78. The van der Waals surface area contributed by atoms with Gasteiger partial charge in [-0.1, -0.05) is 47.9 Å². The number of rotatable bonds is 4. The first-order chi connectivity index (χ1) is 12.8. The molecule has 1 radical (unpaired) electrons. The largest absolute Gasteiger partial charge is 0.427 e. The second-order valence-electron chi connectivity index (χ2n) is 8.11. The molecule has 1 N–H and O–H groups in total. The van der Waals surface area contributed by atoms with Crippen LogP contribution in [-0.4, -0.2) is 28.8 Å². The van der Waals surface area contributed by atoms with E-state index in [-0.39, 0.29) is 0 Å². The molecule has 0 saturated carbocycles. The van der Waals surface area contributed by atoms with E-state index in [2.05, 4.69) is 53.5 Å². The first-order valence-corrected chi connectivity index (χ1v) is 9.19. The van der Waals surface area contributed by atoms with E-state index in [1.807, 2.05) is 26.2 Å². The molecule has 0 bridgehead atoms. The van der Waals surface area contributed by atoms with Crippen molar-refractivity contribution in [3.05, 3.63) is 60.9 Å². The second kappa shape index (κ2) is 6.33. The van der Waals surface area contributed by atoms with Gasteiger partial charge in [-0.25, -0.2) is 0 Å². The highest BCUT2D eigenvalue weighted by Gasteiger charge is 2.35. The van der Waals surface area contributed by atoms with Crippen LogP contribution in [0.4, 0.5) is 0 Å². The zero-order valence-corrected chi connectivity index (χ0v) is 16.2. The molecule has 0 spiro atoms. The van der Waals surface area contributed by atoms with E-state index in [4.69, 9.17) is 4.65 Å². The summed E-state index contributed by atoms with van der Waals surface area (Å²) in [6.07, 6.45) is 3.75. The predicted octanol–water partition coefficient (Wildman–Crippen LogP) is 4.35. The van der Waals surface area contributed by atoms with Gasteiger partial charge in [-0.2, -0.15) is 0 Å². The number of aromatic nitrogens is 1. The van der Waals surface area contributed by atoms with Crippen LogP contribution in [0, 0.1) is 0 Å². The van der Waals surface area contributed by atoms with Crippen LogP contribution in [0.1, 0.15) is 27.7 Å². The topological polar surface area (TPSA) is 42.4 Å². The van der Waals surface area contributed by atoms with Crippen molar-refractivity contribution in [3.8, 4) is 0 Å². The van der Waals surface area contributed by atoms with E-state index in [1.54, 1.807) is 21.3 Å². The zero-order chi connectivity index (χ0) is 19.2. The van der Waals surface area contributed by atoms with Crippen molar-refractivity contribution >= 4 is 45.3 Å². The number of benzene rings is 3. The molecule has 4 rings (SSSR count). The Kier molecular flexibility index (Phi) is 4.21. The van der Waals surface area contributed by atoms with Gasteiger partial charge in [0.1, 0.15) is 0 Å². The molecule has 3 aromatic carbocycles. The monoisotopic (exact) mass is 356 g/mol. The lowest BCUT2D eigenvalue weighted by Gasteiger charge is -2.37. The van der Waals surface area contributed by atoms with Gasteiger partial charge in [-0.05, 0) is 60.7 Å². The summed E-state index contributed by atoms with van der Waals surface area (Å²) in [4.78, 5) is 4.24. The summed E-state index contributed by atoms with van der Waals surface area (Å²) in [5.41, 5.74) is -0.654. The first-order valence-electron chi connectivity index (χ1n) is 9.19. The van der Waals surface area contributed by atoms with E-state index in [9.17, 15) is 5.11 Å². The van der Waals surface area contributed by atoms with Crippen molar-refractivity contribution in [3.63, 3.8) is 0 Å². The highest BCUT2D eigenvalue weighted by atomic mass is 16.5. The van der Waals surface area contributed by atoms with Gasteiger partial charge in [0.25, 0.3) is 0 Å². The third-order valence-corrected chi connectivity index (χ3v) is 5.60. The highest BCUT2D eigenvalue weighted by molar-refractivity contribution is 6.47. The minimum Gasteiger partial charge on any atom is -0.427 e. The van der Waals surface area contributed by atoms with Crippen molar-refractivity contribution in [2.45, 2.75) is 38.9 Å². The van der Waals surface area contributed by atoms with Crippen LogP contribution in [0.5, 0.6) is 0 Å². The van der Waals surface area contributed by atoms with Crippen LogP contribution in [0.25, 0.3) is 32.3 Å². The third-order valence-electron chi connectivity index (χ3n) is 5.60. The van der Waals surface area contributed by atoms with Gasteiger partial charge in [0.2, 0.25) is 0 Å². The number of nitrogens with zero attached hydrogens (tertiary/aromatic N) is 1. The zero-order valence-electron chi connectivity index (χ0n) is 16.2. The van der Waals surface area contributed by atoms with Crippen LogP contribution >= 0.6 is 0 Å². The SMILES string of the molecule is CC(C)(O)C(C)(C)O[B]c1ccc2c(ccc3ccc4cnccc4c32)c1. The van der Waals surface area contributed by atoms with Crippen molar-refractivity contribution in [1.82, 2.24) is 4.98 Å². The molecule has 0 fully saturated rings. The number of hydrogen-bond acceptors (Lipinski definition) is 3. The van der Waals surface area contributed by atoms with Gasteiger partial charge in [0, 0.05) is 17.8 Å². The number of fused-ring (bicyclic) bond motifs is 5. The lowest BCUT2D eigenvalue weighted by Crippen LogP contribution is -2.49. The Morgan fingerprint density at radius 1 is 0.852 bits per heavy atom. The molecular weight excluding hydrogens is 333 g/mol.